The third-order valence-electron chi connectivity index (χ3n) is 1.96. The Morgan fingerprint density at radius 3 is 2.79 bits per heavy atom. The van der Waals surface area contributed by atoms with Gasteiger partial charge < -0.3 is 16.6 Å². The molecule has 78 valence electrons. The molecule has 1 aromatic carbocycles. The number of thioether (sulfide) groups is 1. The molecule has 14 heavy (non-hydrogen) atoms. The smallest absolute Gasteiger partial charge is 0.0756 e. The van der Waals surface area contributed by atoms with Gasteiger partial charge in [0.25, 0.3) is 0 Å². The van der Waals surface area contributed by atoms with Gasteiger partial charge in [0.2, 0.25) is 0 Å². The van der Waals surface area contributed by atoms with Crippen LogP contribution < -0.4 is 11.5 Å². The zero-order chi connectivity index (χ0) is 10.6. The van der Waals surface area contributed by atoms with Crippen LogP contribution in [0, 0.1) is 6.92 Å². The van der Waals surface area contributed by atoms with Crippen LogP contribution in [-0.4, -0.2) is 23.5 Å². The molecule has 1 rings (SSSR count). The lowest BCUT2D eigenvalue weighted by Crippen LogP contribution is -2.21. The molecule has 3 nitrogen and oxygen atoms in total. The maximum atomic E-state index is 9.27. The number of nitrogen functional groups attached to an aromatic ring is 1. The van der Waals surface area contributed by atoms with Crippen molar-refractivity contribution in [3.63, 3.8) is 0 Å². The fourth-order valence-electron chi connectivity index (χ4n) is 0.998. The molecule has 0 bridgehead atoms. The molecule has 0 aromatic heterocycles. The second-order valence-corrected chi connectivity index (χ2v) is 4.31. The molecule has 0 amide bonds. The molecule has 4 heteroatoms. The van der Waals surface area contributed by atoms with E-state index in [0.717, 1.165) is 16.1 Å². The summed E-state index contributed by atoms with van der Waals surface area (Å²) in [5, 5.41) is 9.27. The summed E-state index contributed by atoms with van der Waals surface area (Å²) in [6.45, 7) is 2.28. The van der Waals surface area contributed by atoms with Gasteiger partial charge in [0.05, 0.1) is 6.10 Å². The Bertz CT molecular complexity index is 304. The minimum Gasteiger partial charge on any atom is -0.399 e. The summed E-state index contributed by atoms with van der Waals surface area (Å²) in [5.41, 5.74) is 12.9. The normalized spacial score (nSPS) is 12.8. The Morgan fingerprint density at radius 2 is 2.21 bits per heavy atom. The average Bonchev–Trinajstić information content (AvgIpc) is 2.19. The van der Waals surface area contributed by atoms with Gasteiger partial charge in [-0.05, 0) is 30.7 Å². The molecule has 0 fully saturated rings. The third kappa shape index (κ3) is 3.21. The summed E-state index contributed by atoms with van der Waals surface area (Å²) in [5.74, 6) is 0.625. The van der Waals surface area contributed by atoms with E-state index in [2.05, 4.69) is 0 Å². The van der Waals surface area contributed by atoms with Crippen molar-refractivity contribution in [3.8, 4) is 0 Å². The number of aliphatic hydroxyl groups is 1. The van der Waals surface area contributed by atoms with Gasteiger partial charge >= 0.3 is 0 Å². The minimum atomic E-state index is -0.433. The van der Waals surface area contributed by atoms with Crippen molar-refractivity contribution in [2.45, 2.75) is 17.9 Å². The van der Waals surface area contributed by atoms with Crippen LogP contribution in [-0.2, 0) is 0 Å². The summed E-state index contributed by atoms with van der Waals surface area (Å²) in [6, 6.07) is 5.85. The van der Waals surface area contributed by atoms with Gasteiger partial charge in [-0.2, -0.15) is 0 Å². The Hall–Kier alpha value is -0.710. The molecule has 1 unspecified atom stereocenters. The minimum absolute atomic E-state index is 0.307. The van der Waals surface area contributed by atoms with Gasteiger partial charge in [0.1, 0.15) is 0 Å². The van der Waals surface area contributed by atoms with Crippen LogP contribution in [0.4, 0.5) is 5.69 Å². The first-order valence-corrected chi connectivity index (χ1v) is 5.49. The van der Waals surface area contributed by atoms with Crippen LogP contribution >= 0.6 is 11.8 Å². The van der Waals surface area contributed by atoms with Gasteiger partial charge in [-0.3, -0.25) is 0 Å². The largest absolute Gasteiger partial charge is 0.399 e. The first kappa shape index (κ1) is 11.4. The van der Waals surface area contributed by atoms with Crippen LogP contribution in [0.15, 0.2) is 23.1 Å². The molecule has 0 aliphatic heterocycles. The monoisotopic (exact) mass is 212 g/mol. The Kier molecular flexibility index (Phi) is 4.25. The lowest BCUT2D eigenvalue weighted by molar-refractivity contribution is 0.208. The highest BCUT2D eigenvalue weighted by atomic mass is 32.2. The van der Waals surface area contributed by atoms with Crippen molar-refractivity contribution >= 4 is 17.4 Å². The number of benzene rings is 1. The van der Waals surface area contributed by atoms with Gasteiger partial charge in [0.15, 0.2) is 0 Å². The van der Waals surface area contributed by atoms with Gasteiger partial charge in [-0.1, -0.05) is 0 Å². The van der Waals surface area contributed by atoms with E-state index in [-0.39, 0.29) is 0 Å². The summed E-state index contributed by atoms with van der Waals surface area (Å²) < 4.78 is 0. The van der Waals surface area contributed by atoms with Gasteiger partial charge in [-0.15, -0.1) is 11.8 Å². The third-order valence-corrected chi connectivity index (χ3v) is 3.09. The van der Waals surface area contributed by atoms with Crippen molar-refractivity contribution in [3.05, 3.63) is 23.8 Å². The maximum absolute atomic E-state index is 9.27. The molecule has 0 spiro atoms. The lowest BCUT2D eigenvalue weighted by atomic mass is 10.2. The predicted molar refractivity (Wildman–Crippen MR) is 61.4 cm³/mol. The van der Waals surface area contributed by atoms with Crippen LogP contribution in [0.25, 0.3) is 0 Å². The zero-order valence-corrected chi connectivity index (χ0v) is 9.05. The van der Waals surface area contributed by atoms with E-state index in [1.54, 1.807) is 11.8 Å². The standard InChI is InChI=1S/C10H16N2OS/c1-7-4-9(2-3-10(7)12)14-6-8(13)5-11/h2-4,8,13H,5-6,11-12H2,1H3. The first-order valence-electron chi connectivity index (χ1n) is 4.50. The molecule has 0 saturated carbocycles. The second-order valence-electron chi connectivity index (χ2n) is 3.22. The molecule has 0 radical (unpaired) electrons. The number of aryl methyl sites for hydroxylation is 1. The van der Waals surface area contributed by atoms with E-state index in [4.69, 9.17) is 11.5 Å². The average molecular weight is 212 g/mol. The highest BCUT2D eigenvalue weighted by Gasteiger charge is 2.03. The second kappa shape index (κ2) is 5.24. The Labute approximate surface area is 88.5 Å². The molecule has 0 aliphatic rings. The molecule has 0 saturated heterocycles. The molecule has 0 heterocycles. The number of nitrogens with two attached hydrogens (primary N) is 2. The fraction of sp³-hybridized carbons (Fsp3) is 0.400. The lowest BCUT2D eigenvalue weighted by Gasteiger charge is -2.08. The first-order chi connectivity index (χ1) is 6.63. The maximum Gasteiger partial charge on any atom is 0.0756 e. The summed E-state index contributed by atoms with van der Waals surface area (Å²) in [6.07, 6.45) is -0.433. The van der Waals surface area contributed by atoms with E-state index >= 15 is 0 Å². The molecule has 5 N–H and O–H groups in total. The van der Waals surface area contributed by atoms with E-state index in [0.29, 0.717) is 12.3 Å². The quantitative estimate of drug-likeness (QED) is 0.514. The van der Waals surface area contributed by atoms with E-state index in [1.165, 1.54) is 0 Å². The van der Waals surface area contributed by atoms with Crippen molar-refractivity contribution in [2.24, 2.45) is 5.73 Å². The summed E-state index contributed by atoms with van der Waals surface area (Å²) in [4.78, 5) is 1.12. The number of anilines is 1. The number of hydrogen-bond donors (Lipinski definition) is 3. The summed E-state index contributed by atoms with van der Waals surface area (Å²) in [7, 11) is 0. The van der Waals surface area contributed by atoms with E-state index < -0.39 is 6.10 Å². The van der Waals surface area contributed by atoms with E-state index in [9.17, 15) is 5.11 Å². The summed E-state index contributed by atoms with van der Waals surface area (Å²) >= 11 is 1.59. The van der Waals surface area contributed by atoms with Crippen LogP contribution in [0.5, 0.6) is 0 Å². The molecule has 1 aromatic rings. The Balaban J connectivity index is 2.55. The van der Waals surface area contributed by atoms with Crippen LogP contribution in [0.2, 0.25) is 0 Å². The fourth-order valence-corrected chi connectivity index (χ4v) is 1.94. The van der Waals surface area contributed by atoms with Crippen LogP contribution in [0.3, 0.4) is 0 Å². The molecule has 0 aliphatic carbocycles. The van der Waals surface area contributed by atoms with Crippen LogP contribution in [0.1, 0.15) is 5.56 Å². The molecular formula is C10H16N2OS. The molecule has 1 atom stereocenters. The highest BCUT2D eigenvalue weighted by molar-refractivity contribution is 7.99. The topological polar surface area (TPSA) is 72.3 Å². The Morgan fingerprint density at radius 1 is 1.50 bits per heavy atom. The van der Waals surface area contributed by atoms with Crippen molar-refractivity contribution in [2.75, 3.05) is 18.0 Å². The highest BCUT2D eigenvalue weighted by Crippen LogP contribution is 2.22. The SMILES string of the molecule is Cc1cc(SCC(O)CN)ccc1N. The van der Waals surface area contributed by atoms with Gasteiger partial charge in [-0.25, -0.2) is 0 Å². The predicted octanol–water partition coefficient (Wildman–Crippen LogP) is 0.989. The van der Waals surface area contributed by atoms with Crippen molar-refractivity contribution in [1.29, 1.82) is 0 Å². The van der Waals surface area contributed by atoms with E-state index in [1.807, 2.05) is 25.1 Å². The number of rotatable bonds is 4. The number of hydrogen-bond acceptors (Lipinski definition) is 4. The zero-order valence-electron chi connectivity index (χ0n) is 8.23. The van der Waals surface area contributed by atoms with Gasteiger partial charge in [0, 0.05) is 22.9 Å². The number of aliphatic hydroxyl groups excluding tert-OH is 1. The van der Waals surface area contributed by atoms with Crippen molar-refractivity contribution < 1.29 is 5.11 Å². The molecular weight excluding hydrogens is 196 g/mol. The van der Waals surface area contributed by atoms with Crippen molar-refractivity contribution in [1.82, 2.24) is 0 Å².